The number of carbonyl (C=O) groups is 2. The monoisotopic (exact) mass is 399 g/mol. The Hall–Kier alpha value is -3.06. The molecule has 0 saturated carbocycles. The fourth-order valence-electron chi connectivity index (χ4n) is 2.42. The van der Waals surface area contributed by atoms with Gasteiger partial charge in [-0.15, -0.1) is 0 Å². The fraction of sp³-hybridized carbons (Fsp3) is 0.364. The van der Waals surface area contributed by atoms with E-state index in [1.54, 1.807) is 55.6 Å². The first-order valence-electron chi connectivity index (χ1n) is 9.45. The van der Waals surface area contributed by atoms with Crippen LogP contribution in [0.3, 0.4) is 0 Å². The third kappa shape index (κ3) is 8.23. The smallest absolute Gasteiger partial charge is 0.251 e. The van der Waals surface area contributed by atoms with Gasteiger partial charge < -0.3 is 25.4 Å². The van der Waals surface area contributed by atoms with Crippen LogP contribution in [-0.4, -0.2) is 44.2 Å². The van der Waals surface area contributed by atoms with Crippen molar-refractivity contribution in [3.8, 4) is 5.75 Å². The lowest BCUT2D eigenvalue weighted by atomic mass is 10.1. The molecule has 0 aliphatic rings. The Labute approximate surface area is 171 Å². The molecule has 0 atom stereocenters. The Morgan fingerprint density at radius 3 is 2.10 bits per heavy atom. The van der Waals surface area contributed by atoms with Crippen molar-refractivity contribution >= 4 is 23.2 Å². The predicted octanol–water partition coefficient (Wildman–Crippen LogP) is 3.29. The molecule has 0 radical (unpaired) electrons. The van der Waals surface area contributed by atoms with Gasteiger partial charge in [0, 0.05) is 29.6 Å². The van der Waals surface area contributed by atoms with Crippen LogP contribution in [0.5, 0.6) is 5.75 Å². The summed E-state index contributed by atoms with van der Waals surface area (Å²) in [5.74, 6) is 0.415. The van der Waals surface area contributed by atoms with E-state index in [1.165, 1.54) is 0 Å². The van der Waals surface area contributed by atoms with Crippen molar-refractivity contribution in [1.82, 2.24) is 5.32 Å². The summed E-state index contributed by atoms with van der Waals surface area (Å²) >= 11 is 0. The normalized spacial score (nSPS) is 10.9. The molecule has 0 aliphatic carbocycles. The van der Waals surface area contributed by atoms with Crippen LogP contribution in [0.2, 0.25) is 0 Å². The van der Waals surface area contributed by atoms with E-state index in [0.717, 1.165) is 5.69 Å². The number of ether oxygens (including phenoxy) is 2. The largest absolute Gasteiger partial charge is 0.491 e. The van der Waals surface area contributed by atoms with E-state index in [4.69, 9.17) is 9.47 Å². The molecule has 0 saturated heterocycles. The van der Waals surface area contributed by atoms with E-state index in [9.17, 15) is 9.59 Å². The molecule has 2 amide bonds. The second-order valence-corrected chi connectivity index (χ2v) is 7.55. The number of methoxy groups -OCH3 is 1. The number of nitrogens with one attached hydrogen (secondary N) is 3. The van der Waals surface area contributed by atoms with Gasteiger partial charge in [-0.2, -0.15) is 0 Å². The van der Waals surface area contributed by atoms with Crippen LogP contribution in [0.15, 0.2) is 48.5 Å². The third-order valence-electron chi connectivity index (χ3n) is 3.78. The summed E-state index contributed by atoms with van der Waals surface area (Å²) in [5.41, 5.74) is 1.72. The summed E-state index contributed by atoms with van der Waals surface area (Å²) < 4.78 is 10.4. The molecule has 0 bridgehead atoms. The Balaban J connectivity index is 1.79. The number of anilines is 2. The van der Waals surface area contributed by atoms with Crippen molar-refractivity contribution in [3.63, 3.8) is 0 Å². The highest BCUT2D eigenvalue weighted by Gasteiger charge is 2.15. The molecule has 7 nitrogen and oxygen atoms in total. The molecular formula is C22H29N3O4. The van der Waals surface area contributed by atoms with Crippen LogP contribution in [0.4, 0.5) is 11.4 Å². The second-order valence-electron chi connectivity index (χ2n) is 7.55. The lowest BCUT2D eigenvalue weighted by molar-refractivity contribution is -0.114. The molecule has 156 valence electrons. The summed E-state index contributed by atoms with van der Waals surface area (Å²) in [5, 5.41) is 8.77. The van der Waals surface area contributed by atoms with E-state index < -0.39 is 0 Å². The van der Waals surface area contributed by atoms with Gasteiger partial charge in [0.2, 0.25) is 5.91 Å². The van der Waals surface area contributed by atoms with Gasteiger partial charge in [0.05, 0.1) is 13.2 Å². The maximum Gasteiger partial charge on any atom is 0.251 e. The zero-order valence-corrected chi connectivity index (χ0v) is 17.4. The molecule has 2 rings (SSSR count). The number of rotatable bonds is 9. The van der Waals surface area contributed by atoms with Crippen molar-refractivity contribution in [2.24, 2.45) is 0 Å². The van der Waals surface area contributed by atoms with Crippen molar-refractivity contribution < 1.29 is 19.1 Å². The summed E-state index contributed by atoms with van der Waals surface area (Å²) in [7, 11) is 1.62. The Kier molecular flexibility index (Phi) is 8.03. The standard InChI is InChI=1S/C22H29N3O4/c1-22(2,3)25-21(27)16-5-7-17(8-6-16)23-15-20(26)24-18-9-11-19(12-10-18)29-14-13-28-4/h5-12,23H,13-15H2,1-4H3,(H,24,26)(H,25,27). The van der Waals surface area contributed by atoms with Gasteiger partial charge in [0.25, 0.3) is 5.91 Å². The van der Waals surface area contributed by atoms with Crippen molar-refractivity contribution in [1.29, 1.82) is 0 Å². The molecule has 0 fully saturated rings. The number of hydrogen-bond acceptors (Lipinski definition) is 5. The van der Waals surface area contributed by atoms with E-state index in [0.29, 0.717) is 30.2 Å². The highest BCUT2D eigenvalue weighted by Crippen LogP contribution is 2.16. The van der Waals surface area contributed by atoms with Crippen LogP contribution < -0.4 is 20.7 Å². The number of carbonyl (C=O) groups excluding carboxylic acids is 2. The van der Waals surface area contributed by atoms with Crippen LogP contribution in [0.1, 0.15) is 31.1 Å². The predicted molar refractivity (Wildman–Crippen MR) is 115 cm³/mol. The van der Waals surface area contributed by atoms with Crippen molar-refractivity contribution in [2.75, 3.05) is 37.5 Å². The average molecular weight is 399 g/mol. The van der Waals surface area contributed by atoms with Gasteiger partial charge in [0.1, 0.15) is 12.4 Å². The molecule has 3 N–H and O–H groups in total. The Morgan fingerprint density at radius 1 is 0.897 bits per heavy atom. The Morgan fingerprint density at radius 2 is 1.52 bits per heavy atom. The van der Waals surface area contributed by atoms with Crippen molar-refractivity contribution in [2.45, 2.75) is 26.3 Å². The van der Waals surface area contributed by atoms with Gasteiger partial charge in [-0.1, -0.05) is 0 Å². The highest BCUT2D eigenvalue weighted by molar-refractivity contribution is 5.95. The number of hydrogen-bond donors (Lipinski definition) is 3. The van der Waals surface area contributed by atoms with Gasteiger partial charge in [-0.05, 0) is 69.3 Å². The zero-order valence-electron chi connectivity index (χ0n) is 17.4. The average Bonchev–Trinajstić information content (AvgIpc) is 2.67. The minimum atomic E-state index is -0.291. The molecule has 0 aliphatic heterocycles. The fourth-order valence-corrected chi connectivity index (χ4v) is 2.42. The summed E-state index contributed by atoms with van der Waals surface area (Å²) in [4.78, 5) is 24.3. The molecule has 0 aromatic heterocycles. The SMILES string of the molecule is COCCOc1ccc(NC(=O)CNc2ccc(C(=O)NC(C)(C)C)cc2)cc1. The minimum Gasteiger partial charge on any atom is -0.491 e. The molecule has 0 unspecified atom stereocenters. The molecule has 2 aromatic carbocycles. The van der Waals surface area contributed by atoms with Crippen LogP contribution in [-0.2, 0) is 9.53 Å². The van der Waals surface area contributed by atoms with Gasteiger partial charge in [0.15, 0.2) is 0 Å². The second kappa shape index (κ2) is 10.5. The quantitative estimate of drug-likeness (QED) is 0.563. The van der Waals surface area contributed by atoms with E-state index in [-0.39, 0.29) is 23.9 Å². The Bertz CT molecular complexity index is 796. The molecule has 7 heteroatoms. The van der Waals surface area contributed by atoms with Crippen LogP contribution in [0, 0.1) is 0 Å². The van der Waals surface area contributed by atoms with E-state index >= 15 is 0 Å². The van der Waals surface area contributed by atoms with Gasteiger partial charge in [-0.3, -0.25) is 9.59 Å². The molecule has 0 spiro atoms. The third-order valence-corrected chi connectivity index (χ3v) is 3.78. The summed E-state index contributed by atoms with van der Waals surface area (Å²) in [6.45, 7) is 6.90. The first-order chi connectivity index (χ1) is 13.8. The van der Waals surface area contributed by atoms with E-state index in [2.05, 4.69) is 16.0 Å². The minimum absolute atomic E-state index is 0.111. The summed E-state index contributed by atoms with van der Waals surface area (Å²) in [6, 6.07) is 14.1. The zero-order chi connectivity index (χ0) is 21.3. The first kappa shape index (κ1) is 22.2. The molecule has 2 aromatic rings. The molecular weight excluding hydrogens is 370 g/mol. The maximum absolute atomic E-state index is 12.1. The lowest BCUT2D eigenvalue weighted by Gasteiger charge is -2.20. The van der Waals surface area contributed by atoms with Gasteiger partial charge >= 0.3 is 0 Å². The first-order valence-corrected chi connectivity index (χ1v) is 9.45. The van der Waals surface area contributed by atoms with Gasteiger partial charge in [-0.25, -0.2) is 0 Å². The highest BCUT2D eigenvalue weighted by atomic mass is 16.5. The number of amides is 2. The molecule has 0 heterocycles. The van der Waals surface area contributed by atoms with Crippen molar-refractivity contribution in [3.05, 3.63) is 54.1 Å². The maximum atomic E-state index is 12.1. The summed E-state index contributed by atoms with van der Waals surface area (Å²) in [6.07, 6.45) is 0. The van der Waals surface area contributed by atoms with E-state index in [1.807, 2.05) is 20.8 Å². The lowest BCUT2D eigenvalue weighted by Crippen LogP contribution is -2.40. The topological polar surface area (TPSA) is 88.7 Å². The molecule has 29 heavy (non-hydrogen) atoms. The number of benzene rings is 2. The van der Waals surface area contributed by atoms with Crippen LogP contribution >= 0.6 is 0 Å². The van der Waals surface area contributed by atoms with Crippen LogP contribution in [0.25, 0.3) is 0 Å².